The third-order valence-corrected chi connectivity index (χ3v) is 6.57. The molecule has 3 rings (SSSR count). The zero-order valence-corrected chi connectivity index (χ0v) is 20.0. The largest absolute Gasteiger partial charge is 0.490 e. The summed E-state index contributed by atoms with van der Waals surface area (Å²) in [5.41, 5.74) is 6.10. The number of carboxylic acid groups (broad SMARTS) is 1. The summed E-state index contributed by atoms with van der Waals surface area (Å²) in [7, 11) is 0. The molecule has 1 saturated heterocycles. The number of amides is 3. The number of anilines is 1. The molecule has 1 heterocycles. The van der Waals surface area contributed by atoms with Crippen molar-refractivity contribution in [3.8, 4) is 0 Å². The fourth-order valence-electron chi connectivity index (χ4n) is 4.37. The first-order chi connectivity index (χ1) is 17.2. The maximum absolute atomic E-state index is 13.7. The van der Waals surface area contributed by atoms with Gasteiger partial charge < -0.3 is 26.4 Å². The van der Waals surface area contributed by atoms with Crippen LogP contribution in [0.1, 0.15) is 39.0 Å². The van der Waals surface area contributed by atoms with Crippen LogP contribution in [-0.2, 0) is 9.59 Å². The zero-order valence-electron chi connectivity index (χ0n) is 20.0. The second-order valence-electron chi connectivity index (χ2n) is 9.19. The average Bonchev–Trinajstić information content (AvgIpc) is 3.26. The number of nitrogens with two attached hydrogens (primary N) is 1. The summed E-state index contributed by atoms with van der Waals surface area (Å²) in [5.74, 6) is -4.30. The maximum atomic E-state index is 13.7. The molecule has 0 bridgehead atoms. The first kappa shape index (κ1) is 30.2. The Hall–Kier alpha value is -3.03. The monoisotopic (exact) mass is 540 g/mol. The van der Waals surface area contributed by atoms with E-state index in [9.17, 15) is 35.9 Å². The van der Waals surface area contributed by atoms with Crippen molar-refractivity contribution in [2.24, 2.45) is 17.6 Å². The Morgan fingerprint density at radius 1 is 1.11 bits per heavy atom. The van der Waals surface area contributed by atoms with Gasteiger partial charge in [-0.05, 0) is 56.1 Å². The first-order valence-corrected chi connectivity index (χ1v) is 11.7. The second-order valence-corrected chi connectivity index (χ2v) is 9.19. The van der Waals surface area contributed by atoms with Crippen LogP contribution in [0.15, 0.2) is 18.2 Å². The van der Waals surface area contributed by atoms with E-state index in [4.69, 9.17) is 15.6 Å². The van der Waals surface area contributed by atoms with Crippen molar-refractivity contribution < 1.29 is 45.8 Å². The molecule has 0 radical (unpaired) electrons. The molecule has 208 valence electrons. The lowest BCUT2D eigenvalue weighted by Crippen LogP contribution is -2.49. The molecule has 1 aromatic carbocycles. The maximum Gasteiger partial charge on any atom is 0.490 e. The molecule has 1 aliphatic carbocycles. The number of carbonyl (C=O) groups excluding carboxylic acids is 2. The summed E-state index contributed by atoms with van der Waals surface area (Å²) in [6, 6.07) is 1.68. The van der Waals surface area contributed by atoms with Gasteiger partial charge in [0.25, 0.3) is 0 Å². The summed E-state index contributed by atoms with van der Waals surface area (Å²) in [6.07, 6.45) is -2.66. The van der Waals surface area contributed by atoms with E-state index in [1.807, 2.05) is 6.92 Å². The van der Waals surface area contributed by atoms with Gasteiger partial charge in [-0.3, -0.25) is 4.79 Å². The molecule has 0 aromatic heterocycles. The number of rotatable bonds is 5. The van der Waals surface area contributed by atoms with Crippen molar-refractivity contribution in [1.82, 2.24) is 10.2 Å². The second kappa shape index (κ2) is 13.0. The van der Waals surface area contributed by atoms with Gasteiger partial charge in [0, 0.05) is 18.7 Å². The minimum Gasteiger partial charge on any atom is -0.475 e. The number of urea groups is 1. The smallest absolute Gasteiger partial charge is 0.475 e. The van der Waals surface area contributed by atoms with Gasteiger partial charge in [-0.1, -0.05) is 6.92 Å². The van der Waals surface area contributed by atoms with E-state index in [1.165, 1.54) is 11.0 Å². The Kier molecular flexibility index (Phi) is 10.6. The van der Waals surface area contributed by atoms with Crippen LogP contribution in [0.4, 0.5) is 36.8 Å². The third-order valence-electron chi connectivity index (χ3n) is 6.57. The summed E-state index contributed by atoms with van der Waals surface area (Å²) in [5, 5.41) is 12.3. The van der Waals surface area contributed by atoms with E-state index in [2.05, 4.69) is 10.6 Å². The quantitative estimate of drug-likeness (QED) is 0.423. The number of aliphatic carboxylic acids is 1. The van der Waals surface area contributed by atoms with E-state index in [0.29, 0.717) is 31.9 Å². The molecule has 14 heteroatoms. The van der Waals surface area contributed by atoms with Crippen LogP contribution in [-0.4, -0.2) is 65.4 Å². The summed E-state index contributed by atoms with van der Waals surface area (Å²) < 4.78 is 71.7. The SMILES string of the molecule is C[C@@H](C1CCC(NC(=O)Nc2ccc(F)cc2F)CC1)[C@H](N)C(=O)N1CC[C@H](F)C1.O=C(O)C(F)(F)F. The highest BCUT2D eigenvalue weighted by atomic mass is 19.4. The number of carboxylic acids is 1. The third kappa shape index (κ3) is 9.09. The lowest BCUT2D eigenvalue weighted by Gasteiger charge is -2.35. The highest BCUT2D eigenvalue weighted by molar-refractivity contribution is 5.89. The van der Waals surface area contributed by atoms with Crippen molar-refractivity contribution in [3.05, 3.63) is 29.8 Å². The normalized spacial score (nSPS) is 23.4. The van der Waals surface area contributed by atoms with Crippen molar-refractivity contribution in [2.45, 2.75) is 63.5 Å². The van der Waals surface area contributed by atoms with Gasteiger partial charge in [0.2, 0.25) is 5.91 Å². The molecule has 1 aromatic rings. The molecular weight excluding hydrogens is 510 g/mol. The Labute approximate surface area is 209 Å². The number of benzene rings is 1. The standard InChI is InChI=1S/C21H29F3N4O2.C2HF3O2/c1-12(19(25)20(29)28-9-8-15(23)11-28)13-2-5-16(6-3-13)26-21(30)27-18-7-4-14(22)10-17(18)24;3-2(4,5)1(6)7/h4,7,10,12-13,15-16,19H,2-3,5-6,8-9,11,25H2,1H3,(H2,26,27,30);(H,6,7)/t12-,13?,15-,16?,19-;/m0./s1. The number of hydrogen-bond acceptors (Lipinski definition) is 4. The molecule has 0 spiro atoms. The number of halogens is 6. The predicted octanol–water partition coefficient (Wildman–Crippen LogP) is 3.81. The average molecular weight is 541 g/mol. The van der Waals surface area contributed by atoms with E-state index in [-0.39, 0.29) is 36.0 Å². The van der Waals surface area contributed by atoms with Crippen LogP contribution in [0.3, 0.4) is 0 Å². The van der Waals surface area contributed by atoms with Gasteiger partial charge in [-0.25, -0.2) is 22.8 Å². The highest BCUT2D eigenvalue weighted by Crippen LogP contribution is 2.32. The van der Waals surface area contributed by atoms with Crippen molar-refractivity contribution in [2.75, 3.05) is 18.4 Å². The topological polar surface area (TPSA) is 125 Å². The highest BCUT2D eigenvalue weighted by Gasteiger charge is 2.38. The Morgan fingerprint density at radius 3 is 2.19 bits per heavy atom. The van der Waals surface area contributed by atoms with Crippen molar-refractivity contribution in [1.29, 1.82) is 0 Å². The van der Waals surface area contributed by atoms with E-state index >= 15 is 0 Å². The molecule has 3 atom stereocenters. The van der Waals surface area contributed by atoms with E-state index < -0.39 is 42.0 Å². The fourth-order valence-corrected chi connectivity index (χ4v) is 4.37. The van der Waals surface area contributed by atoms with Crippen LogP contribution in [0, 0.1) is 23.5 Å². The van der Waals surface area contributed by atoms with Crippen LogP contribution in [0.5, 0.6) is 0 Å². The molecule has 2 fully saturated rings. The number of nitrogens with zero attached hydrogens (tertiary/aromatic N) is 1. The molecule has 5 N–H and O–H groups in total. The molecule has 2 aliphatic rings. The predicted molar refractivity (Wildman–Crippen MR) is 121 cm³/mol. The lowest BCUT2D eigenvalue weighted by atomic mass is 9.76. The number of carbonyl (C=O) groups is 3. The molecule has 37 heavy (non-hydrogen) atoms. The Balaban J connectivity index is 0.000000604. The molecular formula is C23H30F6N4O4. The Morgan fingerprint density at radius 2 is 1.70 bits per heavy atom. The van der Waals surface area contributed by atoms with Crippen LogP contribution < -0.4 is 16.4 Å². The number of hydrogen-bond donors (Lipinski definition) is 4. The van der Waals surface area contributed by atoms with Crippen molar-refractivity contribution >= 4 is 23.6 Å². The van der Waals surface area contributed by atoms with Crippen molar-refractivity contribution in [3.63, 3.8) is 0 Å². The van der Waals surface area contributed by atoms with Gasteiger partial charge in [0.1, 0.15) is 17.8 Å². The fraction of sp³-hybridized carbons (Fsp3) is 0.609. The molecule has 0 unspecified atom stereocenters. The zero-order chi connectivity index (χ0) is 27.9. The van der Waals surface area contributed by atoms with Gasteiger partial charge in [-0.2, -0.15) is 13.2 Å². The lowest BCUT2D eigenvalue weighted by molar-refractivity contribution is -0.192. The van der Waals surface area contributed by atoms with Gasteiger partial charge >= 0.3 is 18.2 Å². The van der Waals surface area contributed by atoms with Crippen LogP contribution in [0.2, 0.25) is 0 Å². The number of alkyl halides is 4. The van der Waals surface area contributed by atoms with Gasteiger partial charge in [-0.15, -0.1) is 0 Å². The first-order valence-electron chi connectivity index (χ1n) is 11.7. The number of nitrogens with one attached hydrogen (secondary N) is 2. The summed E-state index contributed by atoms with van der Waals surface area (Å²) >= 11 is 0. The minimum atomic E-state index is -5.08. The minimum absolute atomic E-state index is 0.0424. The number of likely N-dealkylation sites (tertiary alicyclic amines) is 1. The summed E-state index contributed by atoms with van der Waals surface area (Å²) in [6.45, 7) is 2.49. The molecule has 3 amide bonds. The van der Waals surface area contributed by atoms with Gasteiger partial charge in [0.05, 0.1) is 18.3 Å². The van der Waals surface area contributed by atoms with E-state index in [0.717, 1.165) is 18.9 Å². The molecule has 1 aliphatic heterocycles. The molecule has 1 saturated carbocycles. The Bertz CT molecular complexity index is 956. The molecule has 8 nitrogen and oxygen atoms in total. The van der Waals surface area contributed by atoms with Crippen LogP contribution >= 0.6 is 0 Å². The summed E-state index contributed by atoms with van der Waals surface area (Å²) in [4.78, 5) is 35.1. The van der Waals surface area contributed by atoms with Gasteiger partial charge in [0.15, 0.2) is 0 Å². The van der Waals surface area contributed by atoms with Crippen LogP contribution in [0.25, 0.3) is 0 Å². The van der Waals surface area contributed by atoms with E-state index in [1.54, 1.807) is 0 Å².